The number of esters is 1. The Morgan fingerprint density at radius 2 is 1.90 bits per heavy atom. The van der Waals surface area contributed by atoms with Gasteiger partial charge in [-0.1, -0.05) is 19.8 Å². The molecule has 0 unspecified atom stereocenters. The van der Waals surface area contributed by atoms with Gasteiger partial charge in [0.2, 0.25) is 10.0 Å². The first-order chi connectivity index (χ1) is 13.7. The Hall–Kier alpha value is -2.44. The highest BCUT2D eigenvalue weighted by molar-refractivity contribution is 7.89. The number of carbonyl (C=O) groups excluding carboxylic acids is 2. The van der Waals surface area contributed by atoms with Gasteiger partial charge < -0.3 is 10.1 Å². The topological polar surface area (TPSA) is 125 Å². The molecule has 2 rings (SSSR count). The van der Waals surface area contributed by atoms with Crippen molar-refractivity contribution in [2.24, 2.45) is 5.92 Å². The van der Waals surface area contributed by atoms with Crippen LogP contribution >= 0.6 is 0 Å². The zero-order chi connectivity index (χ0) is 21.4. The van der Waals surface area contributed by atoms with Gasteiger partial charge in [-0.15, -0.1) is 0 Å². The Bertz CT molecular complexity index is 861. The van der Waals surface area contributed by atoms with Crippen molar-refractivity contribution in [2.75, 3.05) is 6.54 Å². The van der Waals surface area contributed by atoms with Crippen LogP contribution in [0.5, 0.6) is 0 Å². The Labute approximate surface area is 171 Å². The normalized spacial score (nSPS) is 20.3. The third-order valence-electron chi connectivity index (χ3n) is 5.02. The highest BCUT2D eigenvalue weighted by Gasteiger charge is 2.26. The molecule has 1 aliphatic rings. The molecule has 2 N–H and O–H groups in total. The minimum absolute atomic E-state index is 0.00879. The maximum Gasteiger partial charge on any atom is 0.338 e. The molecule has 8 nitrogen and oxygen atoms in total. The molecule has 1 aliphatic carbocycles. The highest BCUT2D eigenvalue weighted by atomic mass is 32.2. The van der Waals surface area contributed by atoms with E-state index in [0.29, 0.717) is 5.92 Å². The molecule has 1 amide bonds. The van der Waals surface area contributed by atoms with Gasteiger partial charge in [0, 0.05) is 19.0 Å². The Kier molecular flexibility index (Phi) is 8.17. The molecule has 0 heterocycles. The number of sulfonamides is 1. The Balaban J connectivity index is 1.92. The second-order valence-corrected chi connectivity index (χ2v) is 9.02. The van der Waals surface area contributed by atoms with Gasteiger partial charge in [-0.3, -0.25) is 4.79 Å². The molecule has 9 heteroatoms. The maximum atomic E-state index is 12.3. The number of carbonyl (C=O) groups is 2. The van der Waals surface area contributed by atoms with Gasteiger partial charge in [-0.2, -0.15) is 5.26 Å². The second kappa shape index (κ2) is 10.4. The van der Waals surface area contributed by atoms with Crippen molar-refractivity contribution in [1.82, 2.24) is 10.0 Å². The van der Waals surface area contributed by atoms with Crippen LogP contribution < -0.4 is 10.0 Å². The molecule has 3 atom stereocenters. The lowest BCUT2D eigenvalue weighted by atomic mass is 9.86. The molecule has 0 spiro atoms. The summed E-state index contributed by atoms with van der Waals surface area (Å²) in [6, 6.07) is 7.16. The molecule has 0 aromatic heterocycles. The van der Waals surface area contributed by atoms with Crippen molar-refractivity contribution in [2.45, 2.75) is 63.0 Å². The predicted octanol–water partition coefficient (Wildman–Crippen LogP) is 2.12. The van der Waals surface area contributed by atoms with Gasteiger partial charge in [0.15, 0.2) is 6.10 Å². The molecule has 29 heavy (non-hydrogen) atoms. The van der Waals surface area contributed by atoms with Crippen molar-refractivity contribution >= 4 is 21.9 Å². The second-order valence-electron chi connectivity index (χ2n) is 7.25. The summed E-state index contributed by atoms with van der Waals surface area (Å²) < 4.78 is 31.7. The van der Waals surface area contributed by atoms with E-state index in [1.807, 2.05) is 6.07 Å². The minimum atomic E-state index is -3.75. The molecule has 0 aliphatic heterocycles. The summed E-state index contributed by atoms with van der Waals surface area (Å²) in [6.45, 7) is 3.62. The number of amides is 1. The number of ether oxygens (including phenoxy) is 1. The monoisotopic (exact) mass is 421 g/mol. The van der Waals surface area contributed by atoms with Crippen molar-refractivity contribution in [3.05, 3.63) is 29.8 Å². The Morgan fingerprint density at radius 1 is 1.24 bits per heavy atom. The zero-order valence-electron chi connectivity index (χ0n) is 16.7. The summed E-state index contributed by atoms with van der Waals surface area (Å²) in [5.41, 5.74) is 0.145. The van der Waals surface area contributed by atoms with Gasteiger partial charge in [0.05, 0.1) is 16.5 Å². The van der Waals surface area contributed by atoms with Crippen LogP contribution in [0.2, 0.25) is 0 Å². The van der Waals surface area contributed by atoms with Gasteiger partial charge >= 0.3 is 5.97 Å². The lowest BCUT2D eigenvalue weighted by molar-refractivity contribution is -0.130. The summed E-state index contributed by atoms with van der Waals surface area (Å²) in [6.07, 6.45) is 3.34. The fourth-order valence-electron chi connectivity index (χ4n) is 3.21. The first-order valence-corrected chi connectivity index (χ1v) is 11.2. The minimum Gasteiger partial charge on any atom is -0.449 e. The van der Waals surface area contributed by atoms with Gasteiger partial charge in [-0.05, 0) is 49.9 Å². The van der Waals surface area contributed by atoms with Gasteiger partial charge in [0.25, 0.3) is 5.91 Å². The lowest BCUT2D eigenvalue weighted by Gasteiger charge is -2.30. The first kappa shape index (κ1) is 22.8. The maximum absolute atomic E-state index is 12.3. The number of benzene rings is 1. The van der Waals surface area contributed by atoms with Crippen molar-refractivity contribution in [1.29, 1.82) is 5.26 Å². The fourth-order valence-corrected chi connectivity index (χ4v) is 4.24. The summed E-state index contributed by atoms with van der Waals surface area (Å²) in [4.78, 5) is 24.6. The van der Waals surface area contributed by atoms with E-state index in [0.717, 1.165) is 25.7 Å². The van der Waals surface area contributed by atoms with Crippen LogP contribution in [0.3, 0.4) is 0 Å². The molecule has 1 saturated carbocycles. The van der Waals surface area contributed by atoms with E-state index in [1.54, 1.807) is 0 Å². The molecule has 158 valence electrons. The van der Waals surface area contributed by atoms with E-state index in [9.17, 15) is 18.0 Å². The highest BCUT2D eigenvalue weighted by Crippen LogP contribution is 2.23. The molecule has 0 bridgehead atoms. The van der Waals surface area contributed by atoms with Crippen molar-refractivity contribution in [3.8, 4) is 6.07 Å². The molecule has 0 radical (unpaired) electrons. The summed E-state index contributed by atoms with van der Waals surface area (Å²) in [5.74, 6) is -0.643. The van der Waals surface area contributed by atoms with Crippen molar-refractivity contribution in [3.63, 3.8) is 0 Å². The summed E-state index contributed by atoms with van der Waals surface area (Å²) >= 11 is 0. The molecular weight excluding hydrogens is 394 g/mol. The smallest absolute Gasteiger partial charge is 0.338 e. The third-order valence-corrected chi connectivity index (χ3v) is 6.50. The zero-order valence-corrected chi connectivity index (χ0v) is 17.5. The van der Waals surface area contributed by atoms with Crippen LogP contribution in [-0.4, -0.2) is 39.0 Å². The van der Waals surface area contributed by atoms with Crippen LogP contribution in [0.1, 0.15) is 56.3 Å². The lowest BCUT2D eigenvalue weighted by Crippen LogP contribution is -2.45. The SMILES string of the molecule is C[C@@H](OC(=O)c1ccc(S(=O)(=O)NCCC#N)cc1)C(=O)N[C@@H]1CCCC[C@@H]1C. The van der Waals surface area contributed by atoms with E-state index in [2.05, 4.69) is 17.0 Å². The average Bonchev–Trinajstić information content (AvgIpc) is 2.69. The largest absolute Gasteiger partial charge is 0.449 e. The predicted molar refractivity (Wildman–Crippen MR) is 106 cm³/mol. The fraction of sp³-hybridized carbons (Fsp3) is 0.550. The van der Waals surface area contributed by atoms with Gasteiger partial charge in [-0.25, -0.2) is 17.9 Å². The molecular formula is C20H27N3O5S. The van der Waals surface area contributed by atoms with Crippen LogP contribution in [0.25, 0.3) is 0 Å². The average molecular weight is 422 g/mol. The van der Waals surface area contributed by atoms with E-state index < -0.39 is 22.1 Å². The number of rotatable bonds is 8. The van der Waals surface area contributed by atoms with E-state index >= 15 is 0 Å². The van der Waals surface area contributed by atoms with Crippen LogP contribution in [0.4, 0.5) is 0 Å². The molecule has 0 saturated heterocycles. The quantitative estimate of drug-likeness (QED) is 0.489. The number of nitrogens with zero attached hydrogens (tertiary/aromatic N) is 1. The van der Waals surface area contributed by atoms with Gasteiger partial charge in [0.1, 0.15) is 0 Å². The molecule has 1 aromatic carbocycles. The van der Waals surface area contributed by atoms with Crippen LogP contribution in [-0.2, 0) is 19.6 Å². The number of hydrogen-bond acceptors (Lipinski definition) is 6. The van der Waals surface area contributed by atoms with Crippen molar-refractivity contribution < 1.29 is 22.7 Å². The number of nitriles is 1. The third kappa shape index (κ3) is 6.54. The van der Waals surface area contributed by atoms with Crippen LogP contribution in [0.15, 0.2) is 29.2 Å². The first-order valence-electron chi connectivity index (χ1n) is 9.72. The Morgan fingerprint density at radius 3 is 2.52 bits per heavy atom. The standard InChI is InChI=1S/C20H27N3O5S/c1-14-6-3-4-7-18(14)23-19(24)15(2)28-20(25)16-8-10-17(11-9-16)29(26,27)22-13-5-12-21/h8-11,14-15,18,22H,3-7,13H2,1-2H3,(H,23,24)/t14-,15+,18+/m0/s1. The van der Waals surface area contributed by atoms with Crippen LogP contribution in [0, 0.1) is 17.2 Å². The molecule has 1 fully saturated rings. The van der Waals surface area contributed by atoms with E-state index in [4.69, 9.17) is 10.00 Å². The number of nitrogens with one attached hydrogen (secondary N) is 2. The van der Waals surface area contributed by atoms with E-state index in [1.165, 1.54) is 31.2 Å². The summed E-state index contributed by atoms with van der Waals surface area (Å²) in [7, 11) is -3.75. The van der Waals surface area contributed by atoms with E-state index in [-0.39, 0.29) is 35.4 Å². The summed E-state index contributed by atoms with van der Waals surface area (Å²) in [5, 5.41) is 11.4. The number of hydrogen-bond donors (Lipinski definition) is 2. The molecule has 1 aromatic rings.